The van der Waals surface area contributed by atoms with Gasteiger partial charge in [0.15, 0.2) is 0 Å². The lowest BCUT2D eigenvalue weighted by Crippen LogP contribution is -2.44. The maximum atomic E-state index is 9.02. The van der Waals surface area contributed by atoms with Crippen LogP contribution in [0.5, 0.6) is 0 Å². The van der Waals surface area contributed by atoms with Gasteiger partial charge in [0.25, 0.3) is 0 Å². The van der Waals surface area contributed by atoms with Crippen molar-refractivity contribution in [3.63, 3.8) is 0 Å². The lowest BCUT2D eigenvalue weighted by molar-refractivity contribution is 0.282. The van der Waals surface area contributed by atoms with Gasteiger partial charge in [-0.3, -0.25) is 0 Å². The Labute approximate surface area is 107 Å². The minimum Gasteiger partial charge on any atom is -0.392 e. The van der Waals surface area contributed by atoms with Crippen LogP contribution in [-0.2, 0) is 6.61 Å². The number of aliphatic hydroxyl groups is 1. The molecular weight excluding hydrogens is 222 g/mol. The van der Waals surface area contributed by atoms with E-state index >= 15 is 0 Å². The van der Waals surface area contributed by atoms with Crippen LogP contribution in [0.2, 0.25) is 0 Å². The zero-order chi connectivity index (χ0) is 12.4. The van der Waals surface area contributed by atoms with Crippen molar-refractivity contribution in [2.24, 2.45) is 0 Å². The highest BCUT2D eigenvalue weighted by atomic mass is 16.3. The van der Waals surface area contributed by atoms with Gasteiger partial charge in [-0.25, -0.2) is 0 Å². The first-order chi connectivity index (χ1) is 8.86. The molecule has 2 aromatic rings. The van der Waals surface area contributed by atoms with Crippen LogP contribution in [0.25, 0.3) is 0 Å². The Hall–Kier alpha value is -1.80. The van der Waals surface area contributed by atoms with E-state index in [1.165, 1.54) is 11.3 Å². The largest absolute Gasteiger partial charge is 0.392 e. The molecule has 18 heavy (non-hydrogen) atoms. The third kappa shape index (κ3) is 2.12. The van der Waals surface area contributed by atoms with E-state index in [0.29, 0.717) is 5.92 Å². The van der Waals surface area contributed by atoms with E-state index in [2.05, 4.69) is 47.4 Å². The van der Waals surface area contributed by atoms with Crippen LogP contribution in [0, 0.1) is 0 Å². The Morgan fingerprint density at radius 2 is 1.61 bits per heavy atom. The topological polar surface area (TPSA) is 23.5 Å². The van der Waals surface area contributed by atoms with Crippen molar-refractivity contribution in [2.45, 2.75) is 12.5 Å². The molecule has 1 N–H and O–H groups in total. The molecular formula is C16H17NO. The molecule has 1 fully saturated rings. The standard InChI is InChI=1S/C16H17NO/c18-12-13-6-8-16(9-7-13)17-10-15(11-17)14-4-2-1-3-5-14/h1-9,15,18H,10-12H2. The molecule has 1 heterocycles. The van der Waals surface area contributed by atoms with Crippen molar-refractivity contribution >= 4 is 5.69 Å². The molecule has 0 aliphatic carbocycles. The summed E-state index contributed by atoms with van der Waals surface area (Å²) in [6.07, 6.45) is 0. The number of aliphatic hydroxyl groups excluding tert-OH is 1. The first-order valence-corrected chi connectivity index (χ1v) is 6.36. The average Bonchev–Trinajstić information content (AvgIpc) is 2.39. The van der Waals surface area contributed by atoms with E-state index in [9.17, 15) is 0 Å². The second-order valence-corrected chi connectivity index (χ2v) is 4.84. The van der Waals surface area contributed by atoms with Gasteiger partial charge in [-0.05, 0) is 23.3 Å². The van der Waals surface area contributed by atoms with Crippen LogP contribution in [0.1, 0.15) is 17.0 Å². The quantitative estimate of drug-likeness (QED) is 0.890. The molecule has 2 aromatic carbocycles. The van der Waals surface area contributed by atoms with Crippen molar-refractivity contribution in [2.75, 3.05) is 18.0 Å². The van der Waals surface area contributed by atoms with Crippen molar-refractivity contribution < 1.29 is 5.11 Å². The molecule has 0 amide bonds. The summed E-state index contributed by atoms with van der Waals surface area (Å²) < 4.78 is 0. The number of hydrogen-bond donors (Lipinski definition) is 1. The number of benzene rings is 2. The van der Waals surface area contributed by atoms with Crippen LogP contribution in [-0.4, -0.2) is 18.2 Å². The van der Waals surface area contributed by atoms with E-state index < -0.39 is 0 Å². The first kappa shape index (κ1) is 11.3. The molecule has 0 radical (unpaired) electrons. The summed E-state index contributed by atoms with van der Waals surface area (Å²) in [6.45, 7) is 2.29. The third-order valence-corrected chi connectivity index (χ3v) is 3.64. The molecule has 0 saturated carbocycles. The molecule has 0 unspecified atom stereocenters. The van der Waals surface area contributed by atoms with Crippen LogP contribution < -0.4 is 4.90 Å². The smallest absolute Gasteiger partial charge is 0.0681 e. The second kappa shape index (κ2) is 4.83. The predicted octanol–water partition coefficient (Wildman–Crippen LogP) is 2.78. The summed E-state index contributed by atoms with van der Waals surface area (Å²) in [4.78, 5) is 2.37. The van der Waals surface area contributed by atoms with Crippen molar-refractivity contribution in [1.82, 2.24) is 0 Å². The molecule has 0 atom stereocenters. The molecule has 2 heteroatoms. The predicted molar refractivity (Wildman–Crippen MR) is 73.8 cm³/mol. The molecule has 92 valence electrons. The highest BCUT2D eigenvalue weighted by Crippen LogP contribution is 2.31. The molecule has 0 bridgehead atoms. The van der Waals surface area contributed by atoms with E-state index in [4.69, 9.17) is 5.11 Å². The van der Waals surface area contributed by atoms with Gasteiger partial charge in [0.05, 0.1) is 6.61 Å². The Morgan fingerprint density at radius 1 is 0.944 bits per heavy atom. The van der Waals surface area contributed by atoms with Gasteiger partial charge in [-0.15, -0.1) is 0 Å². The fourth-order valence-electron chi connectivity index (χ4n) is 2.44. The summed E-state index contributed by atoms with van der Waals surface area (Å²) in [5.41, 5.74) is 3.65. The lowest BCUT2D eigenvalue weighted by atomic mass is 9.91. The van der Waals surface area contributed by atoms with E-state index in [1.54, 1.807) is 0 Å². The first-order valence-electron chi connectivity index (χ1n) is 6.36. The number of anilines is 1. The van der Waals surface area contributed by atoms with Crippen molar-refractivity contribution in [3.05, 3.63) is 65.7 Å². The summed E-state index contributed by atoms with van der Waals surface area (Å²) in [6, 6.07) is 18.8. The summed E-state index contributed by atoms with van der Waals surface area (Å²) in [5, 5.41) is 9.02. The molecule has 1 aliphatic rings. The molecule has 0 spiro atoms. The minimum atomic E-state index is 0.118. The normalized spacial score (nSPS) is 15.5. The van der Waals surface area contributed by atoms with E-state index in [1.807, 2.05) is 12.1 Å². The van der Waals surface area contributed by atoms with Gasteiger partial charge >= 0.3 is 0 Å². The number of hydrogen-bond acceptors (Lipinski definition) is 2. The van der Waals surface area contributed by atoms with Gasteiger partial charge in [0, 0.05) is 24.7 Å². The Kier molecular flexibility index (Phi) is 3.03. The van der Waals surface area contributed by atoms with Gasteiger partial charge in [-0.2, -0.15) is 0 Å². The zero-order valence-electron chi connectivity index (χ0n) is 10.3. The maximum absolute atomic E-state index is 9.02. The van der Waals surface area contributed by atoms with Crippen LogP contribution in [0.15, 0.2) is 54.6 Å². The fourth-order valence-corrected chi connectivity index (χ4v) is 2.44. The minimum absolute atomic E-state index is 0.118. The summed E-state index contributed by atoms with van der Waals surface area (Å²) in [5.74, 6) is 0.656. The van der Waals surface area contributed by atoms with E-state index in [-0.39, 0.29) is 6.61 Å². The van der Waals surface area contributed by atoms with E-state index in [0.717, 1.165) is 18.7 Å². The number of nitrogens with zero attached hydrogens (tertiary/aromatic N) is 1. The second-order valence-electron chi connectivity index (χ2n) is 4.84. The van der Waals surface area contributed by atoms with Gasteiger partial charge in [-0.1, -0.05) is 42.5 Å². The number of rotatable bonds is 3. The van der Waals surface area contributed by atoms with Crippen molar-refractivity contribution in [3.8, 4) is 0 Å². The summed E-state index contributed by atoms with van der Waals surface area (Å²) >= 11 is 0. The maximum Gasteiger partial charge on any atom is 0.0681 e. The molecule has 1 saturated heterocycles. The van der Waals surface area contributed by atoms with Crippen LogP contribution in [0.4, 0.5) is 5.69 Å². The average molecular weight is 239 g/mol. The monoisotopic (exact) mass is 239 g/mol. The third-order valence-electron chi connectivity index (χ3n) is 3.64. The SMILES string of the molecule is OCc1ccc(N2CC(c3ccccc3)C2)cc1. The van der Waals surface area contributed by atoms with Crippen LogP contribution in [0.3, 0.4) is 0 Å². The van der Waals surface area contributed by atoms with Crippen LogP contribution >= 0.6 is 0 Å². The van der Waals surface area contributed by atoms with Gasteiger partial charge < -0.3 is 10.0 Å². The molecule has 1 aliphatic heterocycles. The van der Waals surface area contributed by atoms with Gasteiger partial charge in [0.2, 0.25) is 0 Å². The molecule has 3 rings (SSSR count). The zero-order valence-corrected chi connectivity index (χ0v) is 10.3. The highest BCUT2D eigenvalue weighted by Gasteiger charge is 2.27. The Morgan fingerprint density at radius 3 is 2.22 bits per heavy atom. The molecule has 0 aromatic heterocycles. The Bertz CT molecular complexity index is 500. The fraction of sp³-hybridized carbons (Fsp3) is 0.250. The van der Waals surface area contributed by atoms with Crippen molar-refractivity contribution in [1.29, 1.82) is 0 Å². The van der Waals surface area contributed by atoms with Gasteiger partial charge in [0.1, 0.15) is 0 Å². The lowest BCUT2D eigenvalue weighted by Gasteiger charge is -2.41. The molecule has 2 nitrogen and oxygen atoms in total. The summed E-state index contributed by atoms with van der Waals surface area (Å²) in [7, 11) is 0. The highest BCUT2D eigenvalue weighted by molar-refractivity contribution is 5.51. The Balaban J connectivity index is 1.64.